The third kappa shape index (κ3) is 4.68. The van der Waals surface area contributed by atoms with Gasteiger partial charge in [0.1, 0.15) is 23.9 Å². The summed E-state index contributed by atoms with van der Waals surface area (Å²) in [5.74, 6) is 0. The molecule has 2 aromatic rings. The van der Waals surface area contributed by atoms with Crippen molar-refractivity contribution in [3.63, 3.8) is 0 Å². The average molecular weight is 363 g/mol. The number of hydrogen-bond donors (Lipinski definition) is 2. The Labute approximate surface area is 151 Å². The van der Waals surface area contributed by atoms with Gasteiger partial charge in [0, 0.05) is 12.2 Å². The van der Waals surface area contributed by atoms with E-state index in [2.05, 4.69) is 10.0 Å². The van der Waals surface area contributed by atoms with E-state index in [4.69, 9.17) is 15.8 Å². The second kappa shape index (κ2) is 8.46. The summed E-state index contributed by atoms with van der Waals surface area (Å²) in [6.45, 7) is 0.165. The summed E-state index contributed by atoms with van der Waals surface area (Å²) < 4.78 is 27.1. The molecule has 0 aliphatic rings. The van der Waals surface area contributed by atoms with Crippen molar-refractivity contribution in [2.45, 2.75) is 11.4 Å². The fourth-order valence-corrected chi connectivity index (χ4v) is 3.02. The number of hydrogen-bond acceptors (Lipinski definition) is 6. The van der Waals surface area contributed by atoms with Crippen molar-refractivity contribution in [3.05, 3.63) is 71.4 Å². The van der Waals surface area contributed by atoms with Crippen molar-refractivity contribution in [2.75, 3.05) is 5.32 Å². The van der Waals surface area contributed by atoms with Crippen molar-refractivity contribution in [3.8, 4) is 18.2 Å². The van der Waals surface area contributed by atoms with Gasteiger partial charge in [-0.1, -0.05) is 30.3 Å². The van der Waals surface area contributed by atoms with Crippen LogP contribution < -0.4 is 10.0 Å². The van der Waals surface area contributed by atoms with E-state index in [-0.39, 0.29) is 22.7 Å². The van der Waals surface area contributed by atoms with Crippen LogP contribution >= 0.6 is 0 Å². The van der Waals surface area contributed by atoms with Crippen LogP contribution in [0.15, 0.2) is 70.8 Å². The van der Waals surface area contributed by atoms with Crippen LogP contribution in [0.25, 0.3) is 0 Å². The summed E-state index contributed by atoms with van der Waals surface area (Å²) in [6, 6.07) is 19.7. The van der Waals surface area contributed by atoms with Gasteiger partial charge >= 0.3 is 0 Å². The van der Waals surface area contributed by atoms with Gasteiger partial charge in [-0.15, -0.1) is 0 Å². The van der Waals surface area contributed by atoms with Gasteiger partial charge in [-0.25, -0.2) is 13.1 Å². The number of allylic oxidation sites excluding steroid dienone is 2. The van der Waals surface area contributed by atoms with Crippen molar-refractivity contribution < 1.29 is 8.42 Å². The Hall–Kier alpha value is -3.64. The molecule has 2 aromatic carbocycles. The molecule has 0 aliphatic carbocycles. The monoisotopic (exact) mass is 363 g/mol. The molecule has 128 valence electrons. The van der Waals surface area contributed by atoms with Crippen LogP contribution in [0.1, 0.15) is 5.56 Å². The van der Waals surface area contributed by atoms with Crippen LogP contribution in [0.5, 0.6) is 0 Å². The Morgan fingerprint density at radius 3 is 2.04 bits per heavy atom. The SMILES string of the molecule is N#CC(C#N)=C(C#N)Nc1ccc(S(=O)(=O)NCc2ccccc2)cc1. The minimum atomic E-state index is -3.69. The van der Waals surface area contributed by atoms with Crippen molar-refractivity contribution in [1.82, 2.24) is 4.72 Å². The molecule has 8 heteroatoms. The van der Waals surface area contributed by atoms with Crippen LogP contribution in [0.2, 0.25) is 0 Å². The molecule has 0 aliphatic heterocycles. The van der Waals surface area contributed by atoms with E-state index in [1.54, 1.807) is 18.2 Å². The van der Waals surface area contributed by atoms with E-state index in [1.807, 2.05) is 30.3 Å². The highest BCUT2D eigenvalue weighted by Crippen LogP contribution is 2.17. The van der Waals surface area contributed by atoms with E-state index in [9.17, 15) is 8.42 Å². The molecule has 0 spiro atoms. The molecule has 0 saturated heterocycles. The van der Waals surface area contributed by atoms with E-state index in [1.165, 1.54) is 24.3 Å². The first-order chi connectivity index (χ1) is 12.5. The number of nitriles is 3. The van der Waals surface area contributed by atoms with Crippen LogP contribution in [0, 0.1) is 34.0 Å². The summed E-state index contributed by atoms with van der Waals surface area (Å²) in [6.07, 6.45) is 0. The molecule has 0 bridgehead atoms. The van der Waals surface area contributed by atoms with Crippen molar-refractivity contribution in [1.29, 1.82) is 15.8 Å². The maximum absolute atomic E-state index is 12.3. The Kier molecular flexibility index (Phi) is 6.08. The summed E-state index contributed by atoms with van der Waals surface area (Å²) in [4.78, 5) is 0.0576. The number of nitrogens with zero attached hydrogens (tertiary/aromatic N) is 3. The van der Waals surface area contributed by atoms with Gasteiger partial charge in [-0.3, -0.25) is 0 Å². The normalized spacial score (nSPS) is 10.0. The van der Waals surface area contributed by atoms with Gasteiger partial charge in [0.2, 0.25) is 10.0 Å². The van der Waals surface area contributed by atoms with Crippen LogP contribution in [-0.4, -0.2) is 8.42 Å². The zero-order valence-corrected chi connectivity index (χ0v) is 14.3. The lowest BCUT2D eigenvalue weighted by Gasteiger charge is -2.09. The first-order valence-corrected chi connectivity index (χ1v) is 8.83. The molecule has 7 nitrogen and oxygen atoms in total. The molecular weight excluding hydrogens is 350 g/mol. The average Bonchev–Trinajstić information content (AvgIpc) is 2.68. The Morgan fingerprint density at radius 2 is 1.50 bits per heavy atom. The molecule has 0 saturated carbocycles. The number of rotatable bonds is 6. The number of anilines is 1. The Bertz CT molecular complexity index is 1020. The number of sulfonamides is 1. The molecular formula is C18H13N5O2S. The van der Waals surface area contributed by atoms with Crippen LogP contribution in [0.4, 0.5) is 5.69 Å². The molecule has 2 rings (SSSR count). The third-order valence-electron chi connectivity index (χ3n) is 3.33. The molecule has 26 heavy (non-hydrogen) atoms. The Morgan fingerprint density at radius 1 is 0.885 bits per heavy atom. The first kappa shape index (κ1) is 18.7. The summed E-state index contributed by atoms with van der Waals surface area (Å²) >= 11 is 0. The largest absolute Gasteiger partial charge is 0.345 e. The molecule has 0 amide bonds. The highest BCUT2D eigenvalue weighted by atomic mass is 32.2. The van der Waals surface area contributed by atoms with Gasteiger partial charge < -0.3 is 5.32 Å². The van der Waals surface area contributed by atoms with Crippen LogP contribution in [0.3, 0.4) is 0 Å². The number of benzene rings is 2. The lowest BCUT2D eigenvalue weighted by molar-refractivity contribution is 0.581. The molecule has 0 atom stereocenters. The Balaban J connectivity index is 2.14. The molecule has 0 unspecified atom stereocenters. The van der Waals surface area contributed by atoms with E-state index in [0.29, 0.717) is 5.69 Å². The second-order valence-corrected chi connectivity index (χ2v) is 6.81. The van der Waals surface area contributed by atoms with E-state index < -0.39 is 10.0 Å². The summed E-state index contributed by atoms with van der Waals surface area (Å²) in [5, 5.41) is 29.2. The first-order valence-electron chi connectivity index (χ1n) is 7.35. The summed E-state index contributed by atoms with van der Waals surface area (Å²) in [7, 11) is -3.69. The third-order valence-corrected chi connectivity index (χ3v) is 4.75. The lowest BCUT2D eigenvalue weighted by atomic mass is 10.2. The quantitative estimate of drug-likeness (QED) is 0.758. The maximum Gasteiger partial charge on any atom is 0.240 e. The standard InChI is InChI=1S/C18H13N5O2S/c19-10-15(11-20)18(12-21)23-16-6-8-17(9-7-16)26(24,25)22-13-14-4-2-1-3-5-14/h1-9,22-23H,13H2. The van der Waals surface area contributed by atoms with Crippen molar-refractivity contribution in [2.24, 2.45) is 0 Å². The minimum absolute atomic E-state index is 0.0576. The van der Waals surface area contributed by atoms with E-state index >= 15 is 0 Å². The highest BCUT2D eigenvalue weighted by Gasteiger charge is 2.14. The van der Waals surface area contributed by atoms with Gasteiger partial charge in [-0.05, 0) is 29.8 Å². The van der Waals surface area contributed by atoms with Crippen LogP contribution in [-0.2, 0) is 16.6 Å². The molecule has 2 N–H and O–H groups in total. The summed E-state index contributed by atoms with van der Waals surface area (Å²) in [5.41, 5.74) is 0.659. The molecule has 0 heterocycles. The predicted molar refractivity (Wildman–Crippen MR) is 94.4 cm³/mol. The predicted octanol–water partition coefficient (Wildman–Crippen LogP) is 2.40. The van der Waals surface area contributed by atoms with Crippen molar-refractivity contribution >= 4 is 15.7 Å². The van der Waals surface area contributed by atoms with Gasteiger partial charge in [0.25, 0.3) is 0 Å². The fourth-order valence-electron chi connectivity index (χ4n) is 2.00. The van der Waals surface area contributed by atoms with Gasteiger partial charge in [0.05, 0.1) is 4.90 Å². The fraction of sp³-hybridized carbons (Fsp3) is 0.0556. The van der Waals surface area contributed by atoms with Gasteiger partial charge in [-0.2, -0.15) is 15.8 Å². The maximum atomic E-state index is 12.3. The zero-order valence-electron chi connectivity index (χ0n) is 13.5. The molecule has 0 aromatic heterocycles. The highest BCUT2D eigenvalue weighted by molar-refractivity contribution is 7.89. The second-order valence-electron chi connectivity index (χ2n) is 5.04. The smallest absolute Gasteiger partial charge is 0.240 e. The molecule has 0 fully saturated rings. The zero-order chi connectivity index (χ0) is 19.0. The minimum Gasteiger partial charge on any atom is -0.345 e. The molecule has 0 radical (unpaired) electrons. The van der Waals surface area contributed by atoms with Gasteiger partial charge in [0.15, 0.2) is 5.57 Å². The topological polar surface area (TPSA) is 130 Å². The van der Waals surface area contributed by atoms with E-state index in [0.717, 1.165) is 5.56 Å². The number of nitrogens with one attached hydrogen (secondary N) is 2. The lowest BCUT2D eigenvalue weighted by Crippen LogP contribution is -2.23.